The summed E-state index contributed by atoms with van der Waals surface area (Å²) in [6.07, 6.45) is 0. The van der Waals surface area contributed by atoms with E-state index in [4.69, 9.17) is 31.3 Å². The highest BCUT2D eigenvalue weighted by Crippen LogP contribution is 2.25. The normalized spacial score (nSPS) is 11.2. The molecule has 0 unspecified atom stereocenters. The Labute approximate surface area is 149 Å². The van der Waals surface area contributed by atoms with Gasteiger partial charge in [-0.15, -0.1) is 0 Å². The summed E-state index contributed by atoms with van der Waals surface area (Å²) in [5.41, 5.74) is 6.82. The van der Waals surface area contributed by atoms with Crippen LogP contribution in [-0.4, -0.2) is 20.5 Å². The highest BCUT2D eigenvalue weighted by Gasteiger charge is 2.27. The predicted molar refractivity (Wildman–Crippen MR) is 98.6 cm³/mol. The van der Waals surface area contributed by atoms with Crippen molar-refractivity contribution in [3.8, 4) is 11.5 Å². The lowest BCUT2D eigenvalue weighted by atomic mass is 9.87. The third kappa shape index (κ3) is 5.75. The minimum atomic E-state index is -0.879. The highest BCUT2D eigenvalue weighted by atomic mass is 35.5. The van der Waals surface area contributed by atoms with Crippen molar-refractivity contribution in [3.05, 3.63) is 59.1 Å². The van der Waals surface area contributed by atoms with Crippen LogP contribution in [0.25, 0.3) is 0 Å². The first kappa shape index (κ1) is 18.7. The Balaban J connectivity index is 2.06. The van der Waals surface area contributed by atoms with Gasteiger partial charge in [0.15, 0.2) is 0 Å². The van der Waals surface area contributed by atoms with Crippen molar-refractivity contribution < 1.29 is 14.0 Å². The standard InChI is InChI=1S/C18H23BClNO3/c1-18(2,3)14-4-8-16(9-5-14)23-19(22-13-12-21)24-17-10-6-15(20)7-11-17/h4-11H,12-13,21H2,1-3H3. The molecule has 0 heterocycles. The topological polar surface area (TPSA) is 53.7 Å². The maximum atomic E-state index is 5.88. The average Bonchev–Trinajstić information content (AvgIpc) is 2.54. The third-order valence-electron chi connectivity index (χ3n) is 3.37. The van der Waals surface area contributed by atoms with Crippen molar-refractivity contribution in [2.24, 2.45) is 5.73 Å². The summed E-state index contributed by atoms with van der Waals surface area (Å²) in [4.78, 5) is 0. The van der Waals surface area contributed by atoms with Gasteiger partial charge in [0.05, 0.1) is 0 Å². The zero-order valence-corrected chi connectivity index (χ0v) is 15.0. The minimum Gasteiger partial charge on any atom is -0.501 e. The molecule has 0 aliphatic carbocycles. The maximum Gasteiger partial charge on any atom is 0.788 e. The quantitative estimate of drug-likeness (QED) is 0.768. The summed E-state index contributed by atoms with van der Waals surface area (Å²) >= 11 is 5.88. The smallest absolute Gasteiger partial charge is 0.501 e. The number of hydrogen-bond acceptors (Lipinski definition) is 4. The molecular formula is C18H23BClNO3. The minimum absolute atomic E-state index is 0.0911. The van der Waals surface area contributed by atoms with Gasteiger partial charge in [-0.25, -0.2) is 0 Å². The molecule has 0 saturated heterocycles. The summed E-state index contributed by atoms with van der Waals surface area (Å²) in [6, 6.07) is 14.9. The zero-order valence-electron chi connectivity index (χ0n) is 14.3. The molecule has 0 amide bonds. The first-order valence-electron chi connectivity index (χ1n) is 7.89. The van der Waals surface area contributed by atoms with Crippen LogP contribution in [0.1, 0.15) is 26.3 Å². The fraction of sp³-hybridized carbons (Fsp3) is 0.333. The molecule has 2 aromatic carbocycles. The highest BCUT2D eigenvalue weighted by molar-refractivity contribution is 6.38. The number of hydrogen-bond donors (Lipinski definition) is 1. The molecule has 0 radical (unpaired) electrons. The van der Waals surface area contributed by atoms with Gasteiger partial charge in [0, 0.05) is 18.2 Å². The van der Waals surface area contributed by atoms with Crippen LogP contribution in [0.5, 0.6) is 11.5 Å². The van der Waals surface area contributed by atoms with Crippen LogP contribution < -0.4 is 15.0 Å². The summed E-state index contributed by atoms with van der Waals surface area (Å²) < 4.78 is 17.0. The monoisotopic (exact) mass is 347 g/mol. The molecule has 0 bridgehead atoms. The van der Waals surface area contributed by atoms with Crippen LogP contribution in [0, 0.1) is 0 Å². The molecule has 0 aliphatic heterocycles. The van der Waals surface area contributed by atoms with Gasteiger partial charge in [0.2, 0.25) is 0 Å². The lowest BCUT2D eigenvalue weighted by Crippen LogP contribution is -2.35. The van der Waals surface area contributed by atoms with Crippen molar-refractivity contribution in [3.63, 3.8) is 0 Å². The molecule has 2 rings (SSSR count). The second-order valence-electron chi connectivity index (χ2n) is 6.41. The van der Waals surface area contributed by atoms with Crippen LogP contribution in [-0.2, 0) is 10.1 Å². The molecule has 24 heavy (non-hydrogen) atoms. The Hall–Kier alpha value is -1.69. The van der Waals surface area contributed by atoms with Gasteiger partial charge in [0.1, 0.15) is 11.5 Å². The van der Waals surface area contributed by atoms with Crippen LogP contribution in [0.2, 0.25) is 5.02 Å². The molecule has 0 aromatic heterocycles. The summed E-state index contributed by atoms with van der Waals surface area (Å²) in [5.74, 6) is 1.27. The van der Waals surface area contributed by atoms with Gasteiger partial charge in [-0.05, 0) is 47.4 Å². The first-order chi connectivity index (χ1) is 11.4. The molecule has 0 spiro atoms. The van der Waals surface area contributed by atoms with E-state index in [1.807, 2.05) is 24.3 Å². The predicted octanol–water partition coefficient (Wildman–Crippen LogP) is 4.06. The lowest BCUT2D eigenvalue weighted by Gasteiger charge is -2.20. The SMILES string of the molecule is CC(C)(C)c1ccc(OB(OCCN)Oc2ccc(Cl)cc2)cc1. The molecule has 6 heteroatoms. The van der Waals surface area contributed by atoms with Crippen LogP contribution in [0.15, 0.2) is 48.5 Å². The van der Waals surface area contributed by atoms with Gasteiger partial charge in [-0.2, -0.15) is 0 Å². The average molecular weight is 348 g/mol. The molecular weight excluding hydrogens is 324 g/mol. The van der Waals surface area contributed by atoms with Crippen LogP contribution >= 0.6 is 11.6 Å². The van der Waals surface area contributed by atoms with E-state index in [0.29, 0.717) is 29.7 Å². The van der Waals surface area contributed by atoms with Crippen molar-refractivity contribution in [2.45, 2.75) is 26.2 Å². The lowest BCUT2D eigenvalue weighted by molar-refractivity contribution is 0.206. The van der Waals surface area contributed by atoms with E-state index in [0.717, 1.165) is 0 Å². The summed E-state index contributed by atoms with van der Waals surface area (Å²) in [6.45, 7) is 7.21. The number of nitrogens with two attached hydrogens (primary N) is 1. The van der Waals surface area contributed by atoms with E-state index < -0.39 is 7.32 Å². The van der Waals surface area contributed by atoms with Crippen LogP contribution in [0.3, 0.4) is 0 Å². The molecule has 4 nitrogen and oxygen atoms in total. The molecule has 2 aromatic rings. The Morgan fingerprint density at radius 3 is 1.88 bits per heavy atom. The van der Waals surface area contributed by atoms with Gasteiger partial charge in [0.25, 0.3) is 0 Å². The number of halogens is 1. The van der Waals surface area contributed by atoms with E-state index in [1.54, 1.807) is 24.3 Å². The number of rotatable bonds is 7. The third-order valence-corrected chi connectivity index (χ3v) is 3.62. The molecule has 0 atom stereocenters. The van der Waals surface area contributed by atoms with E-state index in [-0.39, 0.29) is 5.41 Å². The first-order valence-corrected chi connectivity index (χ1v) is 8.27. The van der Waals surface area contributed by atoms with Gasteiger partial charge in [-0.3, -0.25) is 0 Å². The summed E-state index contributed by atoms with van der Waals surface area (Å²) in [5, 5.41) is 0.639. The zero-order chi connectivity index (χ0) is 17.6. The molecule has 2 N–H and O–H groups in total. The molecule has 0 saturated carbocycles. The second-order valence-corrected chi connectivity index (χ2v) is 6.85. The second kappa shape index (κ2) is 8.42. The van der Waals surface area contributed by atoms with Crippen molar-refractivity contribution in [2.75, 3.05) is 13.2 Å². The van der Waals surface area contributed by atoms with E-state index in [2.05, 4.69) is 20.8 Å². The fourth-order valence-electron chi connectivity index (χ4n) is 2.03. The Bertz CT molecular complexity index is 626. The van der Waals surface area contributed by atoms with E-state index in [1.165, 1.54) is 5.56 Å². The summed E-state index contributed by atoms with van der Waals surface area (Å²) in [7, 11) is -0.879. The van der Waals surface area contributed by atoms with Crippen molar-refractivity contribution in [1.82, 2.24) is 0 Å². The van der Waals surface area contributed by atoms with Crippen molar-refractivity contribution >= 4 is 18.9 Å². The molecule has 128 valence electrons. The number of benzene rings is 2. The largest absolute Gasteiger partial charge is 0.788 e. The van der Waals surface area contributed by atoms with E-state index >= 15 is 0 Å². The molecule has 0 fully saturated rings. The Morgan fingerprint density at radius 1 is 0.917 bits per heavy atom. The van der Waals surface area contributed by atoms with Gasteiger partial charge in [-0.1, -0.05) is 44.5 Å². The van der Waals surface area contributed by atoms with Gasteiger partial charge < -0.3 is 19.7 Å². The Morgan fingerprint density at radius 2 is 1.42 bits per heavy atom. The fourth-order valence-corrected chi connectivity index (χ4v) is 2.15. The van der Waals surface area contributed by atoms with E-state index in [9.17, 15) is 0 Å². The van der Waals surface area contributed by atoms with Crippen molar-refractivity contribution in [1.29, 1.82) is 0 Å². The van der Waals surface area contributed by atoms with Gasteiger partial charge >= 0.3 is 7.32 Å². The Kier molecular flexibility index (Phi) is 6.55. The maximum absolute atomic E-state index is 5.88. The molecule has 0 aliphatic rings. The van der Waals surface area contributed by atoms with Crippen LogP contribution in [0.4, 0.5) is 0 Å².